The summed E-state index contributed by atoms with van der Waals surface area (Å²) in [7, 11) is -5.11. The molecule has 13 nitrogen and oxygen atoms in total. The lowest BCUT2D eigenvalue weighted by atomic mass is 10.2. The van der Waals surface area contributed by atoms with Gasteiger partial charge in [0.1, 0.15) is 36.3 Å². The van der Waals surface area contributed by atoms with Crippen molar-refractivity contribution in [2.45, 2.75) is 149 Å². The van der Waals surface area contributed by atoms with Gasteiger partial charge in [0.05, 0.1) is 6.61 Å². The number of ether oxygens (including phenoxy) is 3. The van der Waals surface area contributed by atoms with Crippen LogP contribution in [0.2, 0.25) is 36.3 Å². The van der Waals surface area contributed by atoms with Crippen molar-refractivity contribution in [3.05, 3.63) is 81.0 Å². The second kappa shape index (κ2) is 16.2. The summed E-state index contributed by atoms with van der Waals surface area (Å²) in [5.74, 6) is -0.291. The van der Waals surface area contributed by atoms with Crippen LogP contribution >= 0.6 is 0 Å². The smallest absolute Gasteiger partial charge is 0.408 e. The van der Waals surface area contributed by atoms with Crippen LogP contribution in [0.1, 0.15) is 81.0 Å². The third kappa shape index (κ3) is 11.0. The number of benzene rings is 1. The van der Waals surface area contributed by atoms with Crippen LogP contribution in [-0.4, -0.2) is 61.6 Å². The lowest BCUT2D eigenvalue weighted by Gasteiger charge is -2.43. The van der Waals surface area contributed by atoms with E-state index in [1.54, 1.807) is 20.8 Å². The summed E-state index contributed by atoms with van der Waals surface area (Å²) in [6.07, 6.45) is -0.690. The van der Waals surface area contributed by atoms with Gasteiger partial charge in [-0.2, -0.15) is 0 Å². The standard InChI is InChI=1S/C37H60N4O9Si2/c1-25(39-33(44)48-35(2,3)4)31(43)38-22-27-29(49-51(11,12)36(5,6)7)30(50-52(13,14)37(8,9)10)32(47-27)40-21-20-28(42)41(34(40)45)24-46-23-26-18-16-15-17-19-26/h15-22,25,29-30,32H,23-24H2,1-14H3,(H,38,43)(H,39,44)/b27-22-/t25-,29-,30-,32-/m1/s1. The molecule has 52 heavy (non-hydrogen) atoms. The highest BCUT2D eigenvalue weighted by atomic mass is 28.4. The molecule has 2 heterocycles. The molecular weight excluding hydrogens is 701 g/mol. The molecular formula is C37H60N4O9Si2. The highest BCUT2D eigenvalue weighted by Gasteiger charge is 2.53. The molecule has 2 aromatic rings. The Morgan fingerprint density at radius 2 is 1.48 bits per heavy atom. The van der Waals surface area contributed by atoms with Gasteiger partial charge < -0.3 is 33.7 Å². The summed E-state index contributed by atoms with van der Waals surface area (Å²) in [5, 5.41) is 4.85. The molecule has 2 N–H and O–H groups in total. The molecule has 1 fully saturated rings. The van der Waals surface area contributed by atoms with Crippen molar-refractivity contribution in [2.24, 2.45) is 0 Å². The maximum absolute atomic E-state index is 14.1. The maximum atomic E-state index is 14.1. The zero-order valence-electron chi connectivity index (χ0n) is 33.4. The van der Waals surface area contributed by atoms with Gasteiger partial charge in [-0.15, -0.1) is 0 Å². The van der Waals surface area contributed by atoms with E-state index in [1.165, 1.54) is 30.0 Å². The van der Waals surface area contributed by atoms with Crippen molar-refractivity contribution in [3.63, 3.8) is 0 Å². The summed E-state index contributed by atoms with van der Waals surface area (Å²) < 4.78 is 34.0. The van der Waals surface area contributed by atoms with Gasteiger partial charge in [0.15, 0.2) is 16.6 Å². The van der Waals surface area contributed by atoms with E-state index in [4.69, 9.17) is 23.1 Å². The van der Waals surface area contributed by atoms with E-state index in [-0.39, 0.29) is 29.2 Å². The molecule has 15 heteroatoms. The molecule has 3 rings (SSSR count). The Morgan fingerprint density at radius 3 is 2.04 bits per heavy atom. The first kappa shape index (κ1) is 42.9. The first-order chi connectivity index (χ1) is 23.7. The fourth-order valence-electron chi connectivity index (χ4n) is 4.66. The largest absolute Gasteiger partial charge is 0.467 e. The fraction of sp³-hybridized carbons (Fsp3) is 0.622. The number of hydrogen-bond acceptors (Lipinski definition) is 9. The number of alkyl carbamates (subject to hydrolysis) is 1. The SMILES string of the molecule is C[C@@H](NC(=O)OC(C)(C)C)C(=O)N/C=C1\O[C@@H](n2ccc(=O)n(COCc3ccccc3)c2=O)[C@H](O[Si](C)(C)C(C)(C)C)[C@@H]1O[Si](C)(C)C(C)(C)C. The molecule has 0 aliphatic carbocycles. The van der Waals surface area contributed by atoms with Crippen LogP contribution in [0.25, 0.3) is 0 Å². The van der Waals surface area contributed by atoms with Crippen LogP contribution in [0.4, 0.5) is 4.79 Å². The zero-order valence-corrected chi connectivity index (χ0v) is 35.4. The minimum absolute atomic E-state index is 0.203. The van der Waals surface area contributed by atoms with Gasteiger partial charge in [-0.05, 0) is 69.5 Å². The molecule has 1 aliphatic rings. The molecule has 1 aromatic heterocycles. The second-order valence-electron chi connectivity index (χ2n) is 17.3. The van der Waals surface area contributed by atoms with Gasteiger partial charge in [-0.1, -0.05) is 71.9 Å². The van der Waals surface area contributed by atoms with E-state index in [1.807, 2.05) is 30.3 Å². The normalized spacial score (nSPS) is 20.0. The molecule has 0 saturated carbocycles. The first-order valence-corrected chi connectivity index (χ1v) is 23.5. The minimum atomic E-state index is -2.57. The van der Waals surface area contributed by atoms with Gasteiger partial charge in [-0.3, -0.25) is 14.2 Å². The van der Waals surface area contributed by atoms with Crippen molar-refractivity contribution in [1.82, 2.24) is 19.8 Å². The Bertz CT molecular complexity index is 1700. The Kier molecular flexibility index (Phi) is 13.4. The van der Waals surface area contributed by atoms with Crippen molar-refractivity contribution in [2.75, 3.05) is 0 Å². The number of nitrogens with zero attached hydrogens (tertiary/aromatic N) is 2. The monoisotopic (exact) mass is 760 g/mol. The molecule has 0 spiro atoms. The Hall–Kier alpha value is -3.51. The summed E-state index contributed by atoms with van der Waals surface area (Å²) in [6.45, 7) is 27.7. The summed E-state index contributed by atoms with van der Waals surface area (Å²) in [4.78, 5) is 52.7. The van der Waals surface area contributed by atoms with Crippen LogP contribution in [0.15, 0.2) is 64.1 Å². The van der Waals surface area contributed by atoms with E-state index >= 15 is 0 Å². The number of carbonyl (C=O) groups excluding carboxylic acids is 2. The third-order valence-electron chi connectivity index (χ3n) is 9.77. The molecule has 2 amide bonds. The van der Waals surface area contributed by atoms with Crippen molar-refractivity contribution in [3.8, 4) is 0 Å². The highest BCUT2D eigenvalue weighted by Crippen LogP contribution is 2.46. The van der Waals surface area contributed by atoms with Crippen LogP contribution in [-0.2, 0) is 41.2 Å². The van der Waals surface area contributed by atoms with Crippen molar-refractivity contribution >= 4 is 28.6 Å². The van der Waals surface area contributed by atoms with Gasteiger partial charge >= 0.3 is 11.8 Å². The Balaban J connectivity index is 2.09. The number of hydrogen-bond donors (Lipinski definition) is 2. The molecule has 290 valence electrons. The maximum Gasteiger partial charge on any atom is 0.408 e. The highest BCUT2D eigenvalue weighted by molar-refractivity contribution is 6.74. The van der Waals surface area contributed by atoms with E-state index in [9.17, 15) is 19.2 Å². The molecule has 0 unspecified atom stereocenters. The number of carbonyl (C=O) groups is 2. The first-order valence-electron chi connectivity index (χ1n) is 17.7. The zero-order chi connectivity index (χ0) is 39.4. The van der Waals surface area contributed by atoms with Crippen molar-refractivity contribution in [1.29, 1.82) is 0 Å². The quantitative estimate of drug-likeness (QED) is 0.236. The lowest BCUT2D eigenvalue weighted by molar-refractivity contribution is -0.121. The third-order valence-corrected chi connectivity index (χ3v) is 18.7. The van der Waals surface area contributed by atoms with Gasteiger partial charge in [0.25, 0.3) is 5.56 Å². The number of nitrogens with one attached hydrogen (secondary N) is 2. The molecule has 1 aliphatic heterocycles. The molecule has 4 atom stereocenters. The van der Waals surface area contributed by atoms with E-state index < -0.39 is 70.0 Å². The van der Waals surface area contributed by atoms with Gasteiger partial charge in [-0.25, -0.2) is 14.2 Å². The van der Waals surface area contributed by atoms with Gasteiger partial charge in [0.2, 0.25) is 12.1 Å². The number of aromatic nitrogens is 2. The van der Waals surface area contributed by atoms with Crippen LogP contribution in [0.5, 0.6) is 0 Å². The van der Waals surface area contributed by atoms with Crippen LogP contribution < -0.4 is 21.9 Å². The van der Waals surface area contributed by atoms with Gasteiger partial charge in [0, 0.05) is 18.5 Å². The second-order valence-corrected chi connectivity index (χ2v) is 26.8. The lowest BCUT2D eigenvalue weighted by Crippen LogP contribution is -2.53. The van der Waals surface area contributed by atoms with Crippen LogP contribution in [0.3, 0.4) is 0 Å². The van der Waals surface area contributed by atoms with Crippen LogP contribution in [0, 0.1) is 0 Å². The van der Waals surface area contributed by atoms with Crippen molar-refractivity contribution < 1.29 is 32.7 Å². The average Bonchev–Trinajstić information content (AvgIpc) is 3.30. The fourth-order valence-corrected chi connectivity index (χ4v) is 7.18. The predicted molar refractivity (Wildman–Crippen MR) is 206 cm³/mol. The molecule has 0 radical (unpaired) electrons. The topological polar surface area (TPSA) is 148 Å². The molecule has 0 bridgehead atoms. The summed E-state index contributed by atoms with van der Waals surface area (Å²) in [6, 6.07) is 9.78. The molecule has 1 saturated heterocycles. The Morgan fingerprint density at radius 1 is 0.904 bits per heavy atom. The average molecular weight is 761 g/mol. The van der Waals surface area contributed by atoms with E-state index in [0.29, 0.717) is 0 Å². The Labute approximate surface area is 310 Å². The minimum Gasteiger partial charge on any atom is -0.467 e. The number of rotatable bonds is 12. The molecule has 1 aromatic carbocycles. The van der Waals surface area contributed by atoms with E-state index in [2.05, 4.69) is 78.4 Å². The predicted octanol–water partition coefficient (Wildman–Crippen LogP) is 6.36. The number of amides is 2. The summed E-state index contributed by atoms with van der Waals surface area (Å²) >= 11 is 0. The van der Waals surface area contributed by atoms with E-state index in [0.717, 1.165) is 10.1 Å². The summed E-state index contributed by atoms with van der Waals surface area (Å²) in [5.41, 5.74) is -1.03.